The highest BCUT2D eigenvalue weighted by atomic mass is 79.9. The summed E-state index contributed by atoms with van der Waals surface area (Å²) >= 11 is 3.38. The first kappa shape index (κ1) is 13.0. The summed E-state index contributed by atoms with van der Waals surface area (Å²) in [5.74, 6) is 0.764. The molecule has 0 heterocycles. The molecule has 1 rings (SSSR count). The van der Waals surface area contributed by atoms with Crippen molar-refractivity contribution in [3.8, 4) is 5.75 Å². The Kier molecular flexibility index (Phi) is 5.32. The van der Waals surface area contributed by atoms with Crippen molar-refractivity contribution in [1.82, 2.24) is 5.32 Å². The zero-order chi connectivity index (χ0) is 12.0. The summed E-state index contributed by atoms with van der Waals surface area (Å²) in [6, 6.07) is 7.55. The molecule has 0 bridgehead atoms. The van der Waals surface area contributed by atoms with Gasteiger partial charge in [-0.25, -0.2) is 0 Å². The van der Waals surface area contributed by atoms with E-state index in [-0.39, 0.29) is 10.7 Å². The van der Waals surface area contributed by atoms with Gasteiger partial charge in [0.1, 0.15) is 5.75 Å². The lowest BCUT2D eigenvalue weighted by Crippen LogP contribution is -2.29. The van der Waals surface area contributed by atoms with E-state index < -0.39 is 0 Å². The first-order chi connectivity index (χ1) is 7.63. The smallest absolute Gasteiger partial charge is 0.224 e. The molecule has 0 aliphatic heterocycles. The molecule has 0 saturated carbocycles. The van der Waals surface area contributed by atoms with Gasteiger partial charge < -0.3 is 10.1 Å². The summed E-state index contributed by atoms with van der Waals surface area (Å²) in [5, 5.41) is 2.84. The Balaban J connectivity index is 2.55. The van der Waals surface area contributed by atoms with Crippen LogP contribution in [0.2, 0.25) is 0 Å². The van der Waals surface area contributed by atoms with Gasteiger partial charge in [0.15, 0.2) is 0 Å². The van der Waals surface area contributed by atoms with Gasteiger partial charge in [-0.1, -0.05) is 41.1 Å². The highest BCUT2D eigenvalue weighted by Crippen LogP contribution is 2.17. The minimum Gasteiger partial charge on any atom is -0.496 e. The van der Waals surface area contributed by atoms with Gasteiger partial charge in [0.05, 0.1) is 13.5 Å². The number of carbonyl (C=O) groups is 1. The summed E-state index contributed by atoms with van der Waals surface area (Å²) in [6.45, 7) is 2.62. The normalized spacial score (nSPS) is 11.9. The molecule has 16 heavy (non-hydrogen) atoms. The van der Waals surface area contributed by atoms with E-state index in [9.17, 15) is 4.79 Å². The lowest BCUT2D eigenvalue weighted by atomic mass is 10.1. The lowest BCUT2D eigenvalue weighted by molar-refractivity contribution is -0.120. The quantitative estimate of drug-likeness (QED) is 0.842. The predicted molar refractivity (Wildman–Crippen MR) is 68.1 cm³/mol. The predicted octanol–water partition coefficient (Wildman–Crippen LogP) is 2.14. The van der Waals surface area contributed by atoms with Crippen molar-refractivity contribution in [2.75, 3.05) is 13.7 Å². The molecule has 0 fully saturated rings. The SMILES string of the molecule is COc1ccccc1CC(=O)NCC(C)Br. The maximum atomic E-state index is 11.6. The van der Waals surface area contributed by atoms with Crippen LogP contribution in [0.3, 0.4) is 0 Å². The molecule has 0 aliphatic rings. The van der Waals surface area contributed by atoms with Gasteiger partial charge in [0.2, 0.25) is 5.91 Å². The van der Waals surface area contributed by atoms with Gasteiger partial charge in [-0.2, -0.15) is 0 Å². The highest BCUT2D eigenvalue weighted by molar-refractivity contribution is 9.09. The van der Waals surface area contributed by atoms with Gasteiger partial charge in [-0.3, -0.25) is 4.79 Å². The summed E-state index contributed by atoms with van der Waals surface area (Å²) in [6.07, 6.45) is 0.351. The molecule has 1 N–H and O–H groups in total. The number of amides is 1. The van der Waals surface area contributed by atoms with E-state index in [0.29, 0.717) is 13.0 Å². The van der Waals surface area contributed by atoms with Crippen LogP contribution in [0.25, 0.3) is 0 Å². The minimum absolute atomic E-state index is 0.0100. The Bertz CT molecular complexity index is 353. The second kappa shape index (κ2) is 6.53. The second-order valence-electron chi connectivity index (χ2n) is 3.57. The number of halogens is 1. The van der Waals surface area contributed by atoms with E-state index >= 15 is 0 Å². The first-order valence-electron chi connectivity index (χ1n) is 5.16. The minimum atomic E-state index is 0.0100. The van der Waals surface area contributed by atoms with Gasteiger partial charge in [-0.05, 0) is 6.07 Å². The molecular weight excluding hydrogens is 270 g/mol. The van der Waals surface area contributed by atoms with Crippen molar-refractivity contribution in [3.63, 3.8) is 0 Å². The van der Waals surface area contributed by atoms with E-state index in [1.54, 1.807) is 7.11 Å². The van der Waals surface area contributed by atoms with Gasteiger partial charge in [-0.15, -0.1) is 0 Å². The number of nitrogens with one attached hydrogen (secondary N) is 1. The van der Waals surface area contributed by atoms with E-state index in [0.717, 1.165) is 11.3 Å². The molecule has 88 valence electrons. The molecule has 0 aliphatic carbocycles. The molecule has 1 aromatic rings. The largest absolute Gasteiger partial charge is 0.496 e. The fourth-order valence-electron chi connectivity index (χ4n) is 1.34. The van der Waals surface area contributed by atoms with Crippen LogP contribution in [-0.4, -0.2) is 24.4 Å². The third-order valence-corrected chi connectivity index (χ3v) is 2.45. The number of ether oxygens (including phenoxy) is 1. The molecule has 1 amide bonds. The molecule has 0 saturated heterocycles. The summed E-state index contributed by atoms with van der Waals surface area (Å²) in [5.41, 5.74) is 0.907. The van der Waals surface area contributed by atoms with Gasteiger partial charge in [0, 0.05) is 16.9 Å². The average molecular weight is 286 g/mol. The van der Waals surface area contributed by atoms with Crippen molar-refractivity contribution in [1.29, 1.82) is 0 Å². The third kappa shape index (κ3) is 4.23. The Morgan fingerprint density at radius 3 is 2.81 bits per heavy atom. The maximum Gasteiger partial charge on any atom is 0.224 e. The Morgan fingerprint density at radius 2 is 2.19 bits per heavy atom. The van der Waals surface area contributed by atoms with Crippen molar-refractivity contribution >= 4 is 21.8 Å². The topological polar surface area (TPSA) is 38.3 Å². The van der Waals surface area contributed by atoms with Crippen molar-refractivity contribution in [2.24, 2.45) is 0 Å². The van der Waals surface area contributed by atoms with E-state index in [4.69, 9.17) is 4.74 Å². The molecule has 0 aromatic heterocycles. The van der Waals surface area contributed by atoms with Gasteiger partial charge in [0.25, 0.3) is 0 Å². The number of methoxy groups -OCH3 is 1. The van der Waals surface area contributed by atoms with Crippen molar-refractivity contribution < 1.29 is 9.53 Å². The van der Waals surface area contributed by atoms with Crippen molar-refractivity contribution in [2.45, 2.75) is 18.2 Å². The monoisotopic (exact) mass is 285 g/mol. The number of hydrogen-bond donors (Lipinski definition) is 1. The Labute approximate surface area is 104 Å². The summed E-state index contributed by atoms with van der Waals surface area (Å²) in [4.78, 5) is 11.9. The Morgan fingerprint density at radius 1 is 1.50 bits per heavy atom. The van der Waals surface area contributed by atoms with E-state index in [1.165, 1.54) is 0 Å². The zero-order valence-electron chi connectivity index (χ0n) is 9.50. The molecule has 1 atom stereocenters. The third-order valence-electron chi connectivity index (χ3n) is 2.12. The average Bonchev–Trinajstić information content (AvgIpc) is 2.27. The maximum absolute atomic E-state index is 11.6. The number of benzene rings is 1. The highest BCUT2D eigenvalue weighted by Gasteiger charge is 2.08. The van der Waals surface area contributed by atoms with Crippen LogP contribution in [0.4, 0.5) is 0 Å². The van der Waals surface area contributed by atoms with Gasteiger partial charge >= 0.3 is 0 Å². The van der Waals surface area contributed by atoms with Crippen LogP contribution in [0, 0.1) is 0 Å². The molecule has 1 unspecified atom stereocenters. The van der Waals surface area contributed by atoms with Crippen molar-refractivity contribution in [3.05, 3.63) is 29.8 Å². The summed E-state index contributed by atoms with van der Waals surface area (Å²) < 4.78 is 5.18. The van der Waals surface area contributed by atoms with Crippen LogP contribution in [-0.2, 0) is 11.2 Å². The van der Waals surface area contributed by atoms with E-state index in [2.05, 4.69) is 21.2 Å². The fraction of sp³-hybridized carbons (Fsp3) is 0.417. The zero-order valence-corrected chi connectivity index (χ0v) is 11.1. The number of alkyl halides is 1. The fourth-order valence-corrected chi connectivity index (χ4v) is 1.50. The first-order valence-corrected chi connectivity index (χ1v) is 6.07. The number of hydrogen-bond acceptors (Lipinski definition) is 2. The molecular formula is C12H16BrNO2. The van der Waals surface area contributed by atoms with Crippen LogP contribution in [0.1, 0.15) is 12.5 Å². The molecule has 3 nitrogen and oxygen atoms in total. The van der Waals surface area contributed by atoms with Crippen LogP contribution < -0.4 is 10.1 Å². The standard InChI is InChI=1S/C12H16BrNO2/c1-9(13)8-14-12(15)7-10-5-3-4-6-11(10)16-2/h3-6,9H,7-8H2,1-2H3,(H,14,15). The Hall–Kier alpha value is -1.03. The number of rotatable bonds is 5. The van der Waals surface area contributed by atoms with Crippen LogP contribution in [0.5, 0.6) is 5.75 Å². The summed E-state index contributed by atoms with van der Waals surface area (Å²) in [7, 11) is 1.61. The number of carbonyl (C=O) groups excluding carboxylic acids is 1. The molecule has 4 heteroatoms. The molecule has 1 aromatic carbocycles. The molecule has 0 radical (unpaired) electrons. The molecule has 0 spiro atoms. The van der Waals surface area contributed by atoms with Crippen LogP contribution >= 0.6 is 15.9 Å². The number of para-hydroxylation sites is 1. The second-order valence-corrected chi connectivity index (χ2v) is 5.14. The van der Waals surface area contributed by atoms with E-state index in [1.807, 2.05) is 31.2 Å². The van der Waals surface area contributed by atoms with Crippen LogP contribution in [0.15, 0.2) is 24.3 Å². The lowest BCUT2D eigenvalue weighted by Gasteiger charge is -2.09.